The van der Waals surface area contributed by atoms with Gasteiger partial charge in [-0.2, -0.15) is 0 Å². The first kappa shape index (κ1) is 26.5. The van der Waals surface area contributed by atoms with Crippen molar-refractivity contribution in [1.29, 1.82) is 0 Å². The molecule has 0 nitrogen and oxygen atoms in total. The number of hydrogen-bond acceptors (Lipinski definition) is 0. The zero-order chi connectivity index (χ0) is 14.7. The van der Waals surface area contributed by atoms with Crippen molar-refractivity contribution in [3.05, 3.63) is 0 Å². The fourth-order valence-corrected chi connectivity index (χ4v) is 57.9. The van der Waals surface area contributed by atoms with Crippen LogP contribution in [-0.4, -0.2) is 48.6 Å². The van der Waals surface area contributed by atoms with E-state index in [-0.39, 0.29) is 0 Å². The van der Waals surface area contributed by atoms with Crippen molar-refractivity contribution in [2.45, 2.75) is 0 Å². The summed E-state index contributed by atoms with van der Waals surface area (Å²) in [5.74, 6) is 0. The Morgan fingerprint density at radius 1 is 0.333 bits per heavy atom. The molecule has 0 radical (unpaired) electrons. The summed E-state index contributed by atoms with van der Waals surface area (Å²) in [6.45, 7) is 0. The van der Waals surface area contributed by atoms with Crippen LogP contribution in [0.5, 0.6) is 0 Å². The van der Waals surface area contributed by atoms with Gasteiger partial charge in [0.1, 0.15) is 0 Å². The molecule has 0 bridgehead atoms. The van der Waals surface area contributed by atoms with Gasteiger partial charge < -0.3 is 0 Å². The summed E-state index contributed by atoms with van der Waals surface area (Å²) < 4.78 is 11.4. The predicted molar refractivity (Wildman–Crippen MR) is 163 cm³/mol. The van der Waals surface area contributed by atoms with E-state index in [0.29, 0.717) is 0 Å². The first-order chi connectivity index (χ1) is 8.49. The largest absolute Gasteiger partial charge is 0.0929 e. The summed E-state index contributed by atoms with van der Waals surface area (Å²) in [6, 6.07) is 0. The van der Waals surface area contributed by atoms with Crippen LogP contribution < -0.4 is 0 Å². The number of halogens is 8. The van der Waals surface area contributed by atoms with E-state index in [1.165, 1.54) is 32.4 Å². The van der Waals surface area contributed by atoms with Gasteiger partial charge in [-0.25, -0.2) is 0 Å². The molecule has 0 saturated carbocycles. The zero-order valence-corrected chi connectivity index (χ0v) is 28.9. The predicted octanol–water partition coefficient (Wildman–Crippen LogP) is 6.66. The molecular formula is C8H16I8Si2. The molecule has 0 aliphatic rings. The summed E-state index contributed by atoms with van der Waals surface area (Å²) in [5.41, 5.74) is 0. The molecule has 0 fully saturated rings. The highest BCUT2D eigenvalue weighted by molar-refractivity contribution is 14.1. The van der Waals surface area contributed by atoms with Gasteiger partial charge in [0, 0.05) is 0 Å². The van der Waals surface area contributed by atoms with E-state index in [4.69, 9.17) is 0 Å². The highest BCUT2D eigenvalue weighted by atomic mass is 127. The molecule has 0 N–H and O–H groups in total. The first-order valence-electron chi connectivity index (χ1n) is 4.97. The molecule has 0 aliphatic carbocycles. The molecule has 0 aromatic rings. The average molecular weight is 1180 g/mol. The second kappa shape index (κ2) is 16.7. The van der Waals surface area contributed by atoms with E-state index in [1.807, 2.05) is 0 Å². The molecule has 112 valence electrons. The van der Waals surface area contributed by atoms with Gasteiger partial charge in [0.15, 0.2) is 0 Å². The molecule has 0 saturated heterocycles. The molecule has 0 aliphatic heterocycles. The maximum absolute atomic E-state index is 2.55. The lowest BCUT2D eigenvalue weighted by molar-refractivity contribution is 1.69. The van der Waals surface area contributed by atoms with E-state index in [2.05, 4.69) is 181 Å². The van der Waals surface area contributed by atoms with Crippen LogP contribution >= 0.6 is 181 Å². The Balaban J connectivity index is 0. The monoisotopic (exact) mass is 1180 g/mol. The van der Waals surface area contributed by atoms with Crippen LogP contribution in [0.1, 0.15) is 0 Å². The van der Waals surface area contributed by atoms with Crippen molar-refractivity contribution >= 4 is 197 Å². The molecule has 0 aromatic heterocycles. The van der Waals surface area contributed by atoms with E-state index in [1.54, 1.807) is 0 Å². The molecule has 0 spiro atoms. The fourth-order valence-electron chi connectivity index (χ4n) is 0.429. The van der Waals surface area contributed by atoms with Gasteiger partial charge in [0.25, 0.3) is 0 Å². The lowest BCUT2D eigenvalue weighted by atomic mass is 11.8. The first-order valence-corrected chi connectivity index (χ1v) is 22.8. The fraction of sp³-hybridized carbons (Fsp3) is 1.00. The lowest BCUT2D eigenvalue weighted by Crippen LogP contribution is -2.44. The van der Waals surface area contributed by atoms with Crippen LogP contribution in [0, 0.1) is 0 Å². The quantitative estimate of drug-likeness (QED) is 0.145. The number of rotatable bonds is 8. The third-order valence-electron chi connectivity index (χ3n) is 2.27. The normalized spacial score (nSPS) is 12.0. The minimum atomic E-state index is -0.745. The molecule has 0 rings (SSSR count). The Hall–Kier alpha value is 6.27. The standard InChI is InChI=1S/2C4H8I4Si/c2*5-1-9(2-6,3-7)4-8/h2*1-4H2. The summed E-state index contributed by atoms with van der Waals surface area (Å²) in [5, 5.41) is 0. The van der Waals surface area contributed by atoms with Crippen LogP contribution in [0.25, 0.3) is 0 Å². The van der Waals surface area contributed by atoms with Gasteiger partial charge in [-0.05, 0) is 32.4 Å². The summed E-state index contributed by atoms with van der Waals surface area (Å²) in [4.78, 5) is 0. The average Bonchev–Trinajstić information content (AvgIpc) is 2.46. The highest BCUT2D eigenvalue weighted by Gasteiger charge is 2.28. The van der Waals surface area contributed by atoms with Crippen molar-refractivity contribution in [1.82, 2.24) is 0 Å². The minimum absolute atomic E-state index is 0.745. The van der Waals surface area contributed by atoms with Crippen molar-refractivity contribution in [3.8, 4) is 0 Å². The maximum Gasteiger partial charge on any atom is 0.0929 e. The smallest absolute Gasteiger partial charge is 0.0896 e. The summed E-state index contributed by atoms with van der Waals surface area (Å²) in [6.07, 6.45) is 0. The molecule has 0 atom stereocenters. The van der Waals surface area contributed by atoms with Crippen LogP contribution in [0.4, 0.5) is 0 Å². The van der Waals surface area contributed by atoms with Gasteiger partial charge in [-0.3, -0.25) is 0 Å². The Kier molecular flexibility index (Phi) is 24.6. The zero-order valence-electron chi connectivity index (χ0n) is 9.68. The second-order valence-electron chi connectivity index (χ2n) is 4.07. The van der Waals surface area contributed by atoms with Crippen molar-refractivity contribution in [2.75, 3.05) is 32.4 Å². The van der Waals surface area contributed by atoms with Crippen LogP contribution in [0.3, 0.4) is 0 Å². The molecule has 0 heterocycles. The van der Waals surface area contributed by atoms with Crippen molar-refractivity contribution in [2.24, 2.45) is 0 Å². The van der Waals surface area contributed by atoms with E-state index in [0.717, 1.165) is 0 Å². The Bertz CT molecular complexity index is 131. The Morgan fingerprint density at radius 2 is 0.444 bits per heavy atom. The third kappa shape index (κ3) is 11.0. The molecule has 0 aromatic carbocycles. The number of hydrogen-bond donors (Lipinski definition) is 0. The lowest BCUT2D eigenvalue weighted by Gasteiger charge is -2.21. The van der Waals surface area contributed by atoms with Gasteiger partial charge in [0.2, 0.25) is 0 Å². The summed E-state index contributed by atoms with van der Waals surface area (Å²) in [7, 11) is -1.49. The van der Waals surface area contributed by atoms with E-state index < -0.39 is 16.1 Å². The highest BCUT2D eigenvalue weighted by Crippen LogP contribution is 2.17. The second-order valence-corrected chi connectivity index (χ2v) is 30.5. The van der Waals surface area contributed by atoms with Gasteiger partial charge in [-0.1, -0.05) is 181 Å². The minimum Gasteiger partial charge on any atom is -0.0896 e. The molecule has 10 heteroatoms. The third-order valence-corrected chi connectivity index (χ3v) is 45.6. The summed E-state index contributed by atoms with van der Waals surface area (Å²) >= 11 is 20.4. The molecule has 18 heavy (non-hydrogen) atoms. The van der Waals surface area contributed by atoms with E-state index >= 15 is 0 Å². The van der Waals surface area contributed by atoms with Crippen LogP contribution in [-0.2, 0) is 0 Å². The number of alkyl halides is 8. The SMILES string of the molecule is IC[Si](CI)(CI)CI.IC[Si](CI)(CI)CI. The van der Waals surface area contributed by atoms with Crippen molar-refractivity contribution in [3.63, 3.8) is 0 Å². The molecule has 0 unspecified atom stereocenters. The van der Waals surface area contributed by atoms with Crippen molar-refractivity contribution < 1.29 is 0 Å². The Morgan fingerprint density at radius 3 is 0.444 bits per heavy atom. The van der Waals surface area contributed by atoms with Crippen LogP contribution in [0.15, 0.2) is 0 Å². The Labute approximate surface area is 223 Å². The molecule has 0 amide bonds. The van der Waals surface area contributed by atoms with E-state index in [9.17, 15) is 0 Å². The van der Waals surface area contributed by atoms with Crippen LogP contribution in [0.2, 0.25) is 0 Å². The topological polar surface area (TPSA) is 0 Å². The van der Waals surface area contributed by atoms with Gasteiger partial charge in [-0.15, -0.1) is 0 Å². The maximum atomic E-state index is 2.55. The van der Waals surface area contributed by atoms with Gasteiger partial charge >= 0.3 is 0 Å². The van der Waals surface area contributed by atoms with Gasteiger partial charge in [0.05, 0.1) is 16.1 Å². The molecular weight excluding hydrogens is 1170 g/mol.